The van der Waals surface area contributed by atoms with Crippen molar-refractivity contribution in [1.82, 2.24) is 15.2 Å². The molecule has 3 rings (SSSR count). The summed E-state index contributed by atoms with van der Waals surface area (Å²) in [6, 6.07) is 11.7. The fraction of sp³-hybridized carbons (Fsp3) is 0.263. The van der Waals surface area contributed by atoms with Crippen molar-refractivity contribution >= 4 is 27.3 Å². The molecule has 2 N–H and O–H groups in total. The molecule has 2 aromatic carbocycles. The maximum absolute atomic E-state index is 12.8. The van der Waals surface area contributed by atoms with Crippen LogP contribution in [0.2, 0.25) is 5.02 Å². The number of nitrogens with zero attached hydrogens (tertiary/aromatic N) is 2. The lowest BCUT2D eigenvalue weighted by Crippen LogP contribution is -2.15. The van der Waals surface area contributed by atoms with E-state index in [0.717, 1.165) is 5.56 Å². The van der Waals surface area contributed by atoms with Gasteiger partial charge in [-0.1, -0.05) is 44.5 Å². The Bertz CT molecular complexity index is 1070. The lowest BCUT2D eigenvalue weighted by molar-refractivity contribution is 0.587. The van der Waals surface area contributed by atoms with Gasteiger partial charge in [-0.2, -0.15) is 5.10 Å². The number of hydrogen-bond acceptors (Lipinski definition) is 4. The molecule has 0 aliphatic heterocycles. The largest absolute Gasteiger partial charge is 0.279 e. The second-order valence-corrected chi connectivity index (χ2v) is 9.43. The summed E-state index contributed by atoms with van der Waals surface area (Å²) in [5.74, 6) is 0.993. The summed E-state index contributed by atoms with van der Waals surface area (Å²) >= 11 is 6.08. The van der Waals surface area contributed by atoms with Crippen molar-refractivity contribution in [3.63, 3.8) is 0 Å². The molecule has 142 valence electrons. The molecule has 0 fully saturated rings. The summed E-state index contributed by atoms with van der Waals surface area (Å²) in [5.41, 5.74) is 1.87. The predicted molar refractivity (Wildman–Crippen MR) is 108 cm³/mol. The van der Waals surface area contributed by atoms with Crippen molar-refractivity contribution in [3.05, 3.63) is 58.9 Å². The standard InChI is InChI=1S/C19H21ClN4O2S/c1-12-21-18(23-22-12)16-11-14(20)7-10-17(16)24-27(25,26)15-8-5-13(6-9-15)19(2,3)4/h5-11,24H,1-4H3,(H,21,22,23). The van der Waals surface area contributed by atoms with Crippen molar-refractivity contribution in [3.8, 4) is 11.4 Å². The maximum Gasteiger partial charge on any atom is 0.261 e. The minimum absolute atomic E-state index is 0.0530. The average Bonchev–Trinajstić information content (AvgIpc) is 3.02. The van der Waals surface area contributed by atoms with Crippen LogP contribution in [0.5, 0.6) is 0 Å². The van der Waals surface area contributed by atoms with Crippen LogP contribution < -0.4 is 4.72 Å². The van der Waals surface area contributed by atoms with Crippen LogP contribution >= 0.6 is 11.6 Å². The number of H-pyrrole nitrogens is 1. The van der Waals surface area contributed by atoms with Gasteiger partial charge in [0, 0.05) is 10.6 Å². The van der Waals surface area contributed by atoms with Crippen LogP contribution in [0.3, 0.4) is 0 Å². The molecule has 3 aromatic rings. The molecule has 0 amide bonds. The molecule has 0 unspecified atom stereocenters. The summed E-state index contributed by atoms with van der Waals surface area (Å²) < 4.78 is 28.3. The van der Waals surface area contributed by atoms with Crippen LogP contribution in [0, 0.1) is 6.92 Å². The number of hydrogen-bond donors (Lipinski definition) is 2. The summed E-state index contributed by atoms with van der Waals surface area (Å²) in [6.07, 6.45) is 0. The van der Waals surface area contributed by atoms with Crippen molar-refractivity contribution in [1.29, 1.82) is 0 Å². The van der Waals surface area contributed by atoms with E-state index in [1.54, 1.807) is 37.3 Å². The molecule has 0 radical (unpaired) electrons. The number of rotatable bonds is 4. The molecule has 0 saturated heterocycles. The van der Waals surface area contributed by atoms with E-state index in [0.29, 0.717) is 27.9 Å². The first kappa shape index (κ1) is 19.4. The number of aromatic nitrogens is 3. The van der Waals surface area contributed by atoms with Crippen LogP contribution in [0.1, 0.15) is 32.2 Å². The molecule has 0 spiro atoms. The summed E-state index contributed by atoms with van der Waals surface area (Å²) in [5, 5.41) is 7.31. The highest BCUT2D eigenvalue weighted by Gasteiger charge is 2.20. The van der Waals surface area contributed by atoms with E-state index in [2.05, 4.69) is 40.7 Å². The Kier molecular flexibility index (Phi) is 5.01. The van der Waals surface area contributed by atoms with Gasteiger partial charge >= 0.3 is 0 Å². The minimum Gasteiger partial charge on any atom is -0.279 e. The van der Waals surface area contributed by atoms with Gasteiger partial charge in [-0.25, -0.2) is 13.4 Å². The monoisotopic (exact) mass is 404 g/mol. The van der Waals surface area contributed by atoms with Gasteiger partial charge in [-0.3, -0.25) is 9.82 Å². The lowest BCUT2D eigenvalue weighted by atomic mass is 9.87. The fourth-order valence-electron chi connectivity index (χ4n) is 2.59. The smallest absolute Gasteiger partial charge is 0.261 e. The zero-order chi connectivity index (χ0) is 19.8. The lowest BCUT2D eigenvalue weighted by Gasteiger charge is -2.19. The first-order valence-corrected chi connectivity index (χ1v) is 10.2. The van der Waals surface area contributed by atoms with Gasteiger partial charge in [-0.05, 0) is 48.2 Å². The van der Waals surface area contributed by atoms with E-state index in [1.165, 1.54) is 0 Å². The number of nitrogens with one attached hydrogen (secondary N) is 2. The highest BCUT2D eigenvalue weighted by atomic mass is 35.5. The second-order valence-electron chi connectivity index (χ2n) is 7.31. The van der Waals surface area contributed by atoms with Crippen LogP contribution in [0.15, 0.2) is 47.4 Å². The Morgan fingerprint density at radius 2 is 1.74 bits per heavy atom. The number of anilines is 1. The van der Waals surface area contributed by atoms with Crippen molar-refractivity contribution in [2.24, 2.45) is 0 Å². The van der Waals surface area contributed by atoms with Crippen molar-refractivity contribution in [2.75, 3.05) is 4.72 Å². The predicted octanol–water partition coefficient (Wildman–Crippen LogP) is 4.53. The van der Waals surface area contributed by atoms with Gasteiger partial charge < -0.3 is 0 Å². The van der Waals surface area contributed by atoms with Gasteiger partial charge in [-0.15, -0.1) is 0 Å². The molecular weight excluding hydrogens is 384 g/mol. The van der Waals surface area contributed by atoms with Crippen LogP contribution in [-0.2, 0) is 15.4 Å². The van der Waals surface area contributed by atoms with E-state index in [1.807, 2.05) is 12.1 Å². The van der Waals surface area contributed by atoms with Crippen LogP contribution in [0.25, 0.3) is 11.4 Å². The number of sulfonamides is 1. The maximum atomic E-state index is 12.8. The summed E-state index contributed by atoms with van der Waals surface area (Å²) in [7, 11) is -3.77. The van der Waals surface area contributed by atoms with Gasteiger partial charge in [0.1, 0.15) is 5.82 Å². The van der Waals surface area contributed by atoms with E-state index in [9.17, 15) is 8.42 Å². The molecule has 0 atom stereocenters. The third-order valence-corrected chi connectivity index (χ3v) is 5.71. The van der Waals surface area contributed by atoms with Gasteiger partial charge in [0.05, 0.1) is 10.6 Å². The third kappa shape index (κ3) is 4.31. The molecule has 0 aliphatic carbocycles. The number of aromatic amines is 1. The van der Waals surface area contributed by atoms with E-state index >= 15 is 0 Å². The quantitative estimate of drug-likeness (QED) is 0.668. The van der Waals surface area contributed by atoms with E-state index in [4.69, 9.17) is 11.6 Å². The van der Waals surface area contributed by atoms with Crippen molar-refractivity contribution < 1.29 is 8.42 Å². The van der Waals surface area contributed by atoms with E-state index < -0.39 is 10.0 Å². The highest BCUT2D eigenvalue weighted by molar-refractivity contribution is 7.92. The van der Waals surface area contributed by atoms with Gasteiger partial charge in [0.15, 0.2) is 5.82 Å². The molecular formula is C19H21ClN4O2S. The van der Waals surface area contributed by atoms with Crippen LogP contribution in [0.4, 0.5) is 5.69 Å². The Morgan fingerprint density at radius 1 is 1.07 bits per heavy atom. The summed E-state index contributed by atoms with van der Waals surface area (Å²) in [6.45, 7) is 8.00. The van der Waals surface area contributed by atoms with Crippen LogP contribution in [-0.4, -0.2) is 23.6 Å². The zero-order valence-electron chi connectivity index (χ0n) is 15.5. The molecule has 1 heterocycles. The Hall–Kier alpha value is -2.38. The molecule has 8 heteroatoms. The number of aryl methyl sites for hydroxylation is 1. The Balaban J connectivity index is 1.97. The topological polar surface area (TPSA) is 87.7 Å². The summed E-state index contributed by atoms with van der Waals surface area (Å²) in [4.78, 5) is 4.45. The fourth-order valence-corrected chi connectivity index (χ4v) is 3.84. The molecule has 0 aliphatic rings. The van der Waals surface area contributed by atoms with Gasteiger partial charge in [0.2, 0.25) is 0 Å². The first-order valence-electron chi connectivity index (χ1n) is 8.38. The third-order valence-electron chi connectivity index (χ3n) is 4.09. The average molecular weight is 405 g/mol. The molecule has 27 heavy (non-hydrogen) atoms. The van der Waals surface area contributed by atoms with E-state index in [-0.39, 0.29) is 10.3 Å². The number of benzene rings is 2. The molecule has 0 bridgehead atoms. The zero-order valence-corrected chi connectivity index (χ0v) is 17.1. The Labute approximate surface area is 164 Å². The Morgan fingerprint density at radius 3 is 2.30 bits per heavy atom. The van der Waals surface area contributed by atoms with Crippen molar-refractivity contribution in [2.45, 2.75) is 38.0 Å². The first-order chi connectivity index (χ1) is 12.6. The van der Waals surface area contributed by atoms with Gasteiger partial charge in [0.25, 0.3) is 10.0 Å². The second kappa shape index (κ2) is 6.98. The molecule has 0 saturated carbocycles. The highest BCUT2D eigenvalue weighted by Crippen LogP contribution is 2.31. The SMILES string of the molecule is Cc1nc(-c2cc(Cl)ccc2NS(=O)(=O)c2ccc(C(C)(C)C)cc2)n[nH]1. The molecule has 1 aromatic heterocycles. The minimum atomic E-state index is -3.77. The molecule has 6 nitrogen and oxygen atoms in total. The normalized spacial score (nSPS) is 12.2. The number of halogens is 1.